The maximum absolute atomic E-state index is 12.6. The fourth-order valence-electron chi connectivity index (χ4n) is 3.45. The molecule has 0 atom stereocenters. The molecule has 1 aliphatic rings. The topological polar surface area (TPSA) is 104 Å². The number of pyridine rings is 1. The Morgan fingerprint density at radius 3 is 2.78 bits per heavy atom. The second-order valence-corrected chi connectivity index (χ2v) is 8.30. The van der Waals surface area contributed by atoms with Gasteiger partial charge in [0.25, 0.3) is 0 Å². The summed E-state index contributed by atoms with van der Waals surface area (Å²) < 4.78 is 0. The Kier molecular flexibility index (Phi) is 6.86. The second kappa shape index (κ2) is 10.1. The molecule has 0 spiro atoms. The van der Waals surface area contributed by atoms with Gasteiger partial charge in [0.15, 0.2) is 0 Å². The van der Waals surface area contributed by atoms with Gasteiger partial charge in [0.05, 0.1) is 22.1 Å². The SMILES string of the molecule is O=C(CCC(=O)N1CC(=O)Nc2ccccc21)NCCCc1nc(-c2ccncc2)cs1. The molecule has 8 nitrogen and oxygen atoms in total. The van der Waals surface area contributed by atoms with Crippen molar-refractivity contribution < 1.29 is 14.4 Å². The number of aryl methyl sites for hydroxylation is 1. The molecule has 9 heteroatoms. The van der Waals surface area contributed by atoms with Crippen molar-refractivity contribution >= 4 is 40.4 Å². The molecule has 3 amide bonds. The van der Waals surface area contributed by atoms with E-state index in [1.165, 1.54) is 4.90 Å². The Morgan fingerprint density at radius 2 is 1.94 bits per heavy atom. The van der Waals surface area contributed by atoms with Crippen LogP contribution >= 0.6 is 11.3 Å². The first-order valence-corrected chi connectivity index (χ1v) is 11.3. The number of carbonyl (C=O) groups excluding carboxylic acids is 3. The van der Waals surface area contributed by atoms with Crippen molar-refractivity contribution in [1.29, 1.82) is 0 Å². The van der Waals surface area contributed by atoms with Crippen LogP contribution in [-0.4, -0.2) is 40.8 Å². The highest BCUT2D eigenvalue weighted by Gasteiger charge is 2.26. The van der Waals surface area contributed by atoms with E-state index in [4.69, 9.17) is 0 Å². The van der Waals surface area contributed by atoms with Gasteiger partial charge < -0.3 is 15.5 Å². The number of para-hydroxylation sites is 2. The zero-order valence-electron chi connectivity index (χ0n) is 17.4. The Hall–Kier alpha value is -3.59. The average Bonchev–Trinajstić information content (AvgIpc) is 3.29. The van der Waals surface area contributed by atoms with Gasteiger partial charge in [0.2, 0.25) is 17.7 Å². The number of hydrogen-bond acceptors (Lipinski definition) is 6. The Labute approximate surface area is 189 Å². The molecule has 0 bridgehead atoms. The second-order valence-electron chi connectivity index (χ2n) is 7.36. The van der Waals surface area contributed by atoms with Crippen molar-refractivity contribution in [3.63, 3.8) is 0 Å². The van der Waals surface area contributed by atoms with E-state index in [2.05, 4.69) is 20.6 Å². The van der Waals surface area contributed by atoms with Crippen LogP contribution in [-0.2, 0) is 20.8 Å². The molecule has 164 valence electrons. The number of carbonyl (C=O) groups is 3. The molecule has 0 saturated carbocycles. The summed E-state index contributed by atoms with van der Waals surface area (Å²) >= 11 is 1.60. The zero-order valence-corrected chi connectivity index (χ0v) is 18.2. The summed E-state index contributed by atoms with van der Waals surface area (Å²) in [6.45, 7) is 0.485. The van der Waals surface area contributed by atoms with Gasteiger partial charge in [-0.15, -0.1) is 11.3 Å². The molecule has 0 aliphatic carbocycles. The smallest absolute Gasteiger partial charge is 0.244 e. The van der Waals surface area contributed by atoms with Gasteiger partial charge in [0, 0.05) is 49.1 Å². The lowest BCUT2D eigenvalue weighted by atomic mass is 10.1. The van der Waals surface area contributed by atoms with Crippen LogP contribution in [0.4, 0.5) is 11.4 Å². The molecule has 1 aromatic carbocycles. The van der Waals surface area contributed by atoms with E-state index in [0.717, 1.165) is 29.1 Å². The number of nitrogens with zero attached hydrogens (tertiary/aromatic N) is 3. The summed E-state index contributed by atoms with van der Waals surface area (Å²) in [5, 5.41) is 8.64. The standard InChI is InChI=1S/C23H23N5O3S/c29-20(7-8-23(31)28-14-21(30)26-17-4-1-2-5-19(17)28)25-11-3-6-22-27-18(15-32-22)16-9-12-24-13-10-16/h1-2,4-5,9-10,12-13,15H,3,6-8,11,14H2,(H,25,29)(H,26,30). The lowest BCUT2D eigenvalue weighted by Gasteiger charge is -2.29. The molecule has 0 unspecified atom stereocenters. The van der Waals surface area contributed by atoms with Crippen LogP contribution in [0.25, 0.3) is 11.3 Å². The largest absolute Gasteiger partial charge is 0.356 e. The Bertz CT molecular complexity index is 1120. The van der Waals surface area contributed by atoms with E-state index in [-0.39, 0.29) is 37.1 Å². The highest BCUT2D eigenvalue weighted by atomic mass is 32.1. The third-order valence-electron chi connectivity index (χ3n) is 5.06. The van der Waals surface area contributed by atoms with E-state index in [9.17, 15) is 14.4 Å². The first-order chi connectivity index (χ1) is 15.6. The lowest BCUT2D eigenvalue weighted by molar-refractivity contribution is -0.125. The van der Waals surface area contributed by atoms with E-state index in [0.29, 0.717) is 17.9 Å². The number of fused-ring (bicyclic) bond motifs is 1. The molecule has 2 aromatic heterocycles. The summed E-state index contributed by atoms with van der Waals surface area (Å²) in [6.07, 6.45) is 5.16. The van der Waals surface area contributed by atoms with Crippen molar-refractivity contribution in [3.05, 3.63) is 59.2 Å². The highest BCUT2D eigenvalue weighted by molar-refractivity contribution is 7.09. The first kappa shape index (κ1) is 21.6. The normalized spacial score (nSPS) is 12.8. The number of hydrogen-bond donors (Lipinski definition) is 2. The van der Waals surface area contributed by atoms with Crippen LogP contribution in [0.1, 0.15) is 24.3 Å². The predicted molar refractivity (Wildman–Crippen MR) is 123 cm³/mol. The van der Waals surface area contributed by atoms with Crippen LogP contribution < -0.4 is 15.5 Å². The fourth-order valence-corrected chi connectivity index (χ4v) is 4.30. The maximum atomic E-state index is 12.6. The first-order valence-electron chi connectivity index (χ1n) is 10.4. The molecule has 1 aliphatic heterocycles. The fraction of sp³-hybridized carbons (Fsp3) is 0.261. The van der Waals surface area contributed by atoms with Gasteiger partial charge in [-0.05, 0) is 30.7 Å². The summed E-state index contributed by atoms with van der Waals surface area (Å²) in [6, 6.07) is 11.0. The molecular formula is C23H23N5O3S. The van der Waals surface area contributed by atoms with Crippen LogP contribution in [0.3, 0.4) is 0 Å². The Morgan fingerprint density at radius 1 is 1.12 bits per heavy atom. The third-order valence-corrected chi connectivity index (χ3v) is 5.96. The summed E-state index contributed by atoms with van der Waals surface area (Å²) in [5.74, 6) is -0.658. The van der Waals surface area contributed by atoms with Gasteiger partial charge in [-0.2, -0.15) is 0 Å². The van der Waals surface area contributed by atoms with E-state index in [1.807, 2.05) is 23.6 Å². The van der Waals surface area contributed by atoms with Crippen LogP contribution in [0.5, 0.6) is 0 Å². The van der Waals surface area contributed by atoms with Crippen molar-refractivity contribution in [2.45, 2.75) is 25.7 Å². The van der Waals surface area contributed by atoms with Crippen molar-refractivity contribution in [2.24, 2.45) is 0 Å². The molecule has 2 N–H and O–H groups in total. The number of thiazole rings is 1. The predicted octanol–water partition coefficient (Wildman–Crippen LogP) is 3.02. The summed E-state index contributed by atoms with van der Waals surface area (Å²) in [4.78, 5) is 46.7. The van der Waals surface area contributed by atoms with Gasteiger partial charge >= 0.3 is 0 Å². The third kappa shape index (κ3) is 5.36. The van der Waals surface area contributed by atoms with Crippen LogP contribution in [0.2, 0.25) is 0 Å². The van der Waals surface area contributed by atoms with E-state index < -0.39 is 0 Å². The van der Waals surface area contributed by atoms with Crippen LogP contribution in [0, 0.1) is 0 Å². The van der Waals surface area contributed by atoms with E-state index in [1.54, 1.807) is 41.9 Å². The number of aromatic nitrogens is 2. The van der Waals surface area contributed by atoms with Gasteiger partial charge in [-0.25, -0.2) is 4.98 Å². The maximum Gasteiger partial charge on any atom is 0.244 e. The minimum atomic E-state index is -0.242. The van der Waals surface area contributed by atoms with E-state index >= 15 is 0 Å². The molecule has 0 fully saturated rings. The molecule has 3 heterocycles. The Balaban J connectivity index is 1.19. The monoisotopic (exact) mass is 449 g/mol. The molecule has 32 heavy (non-hydrogen) atoms. The quantitative estimate of drug-likeness (QED) is 0.515. The molecular weight excluding hydrogens is 426 g/mol. The van der Waals surface area contributed by atoms with Crippen molar-refractivity contribution in [1.82, 2.24) is 15.3 Å². The number of nitrogens with one attached hydrogen (secondary N) is 2. The van der Waals surface area contributed by atoms with Gasteiger partial charge in [0.1, 0.15) is 6.54 Å². The number of anilines is 2. The van der Waals surface area contributed by atoms with Crippen molar-refractivity contribution in [3.8, 4) is 11.3 Å². The van der Waals surface area contributed by atoms with Crippen molar-refractivity contribution in [2.75, 3.05) is 23.3 Å². The average molecular weight is 450 g/mol. The molecule has 0 saturated heterocycles. The van der Waals surface area contributed by atoms with Gasteiger partial charge in [-0.3, -0.25) is 19.4 Å². The highest BCUT2D eigenvalue weighted by Crippen LogP contribution is 2.29. The minimum Gasteiger partial charge on any atom is -0.356 e. The summed E-state index contributed by atoms with van der Waals surface area (Å²) in [7, 11) is 0. The van der Waals surface area contributed by atoms with Gasteiger partial charge in [-0.1, -0.05) is 12.1 Å². The minimum absolute atomic E-state index is 0.0350. The number of benzene rings is 1. The van der Waals surface area contributed by atoms with Crippen LogP contribution in [0.15, 0.2) is 54.2 Å². The lowest BCUT2D eigenvalue weighted by Crippen LogP contribution is -2.42. The number of amides is 3. The molecule has 4 rings (SSSR count). The molecule has 3 aromatic rings. The summed E-state index contributed by atoms with van der Waals surface area (Å²) in [5.41, 5.74) is 3.24. The zero-order chi connectivity index (χ0) is 22.3. The number of rotatable bonds is 8. The molecule has 0 radical (unpaired) electrons.